The second kappa shape index (κ2) is 6.70. The van der Waals surface area contributed by atoms with Gasteiger partial charge in [-0.3, -0.25) is 4.79 Å². The summed E-state index contributed by atoms with van der Waals surface area (Å²) < 4.78 is 6.26. The summed E-state index contributed by atoms with van der Waals surface area (Å²) in [5, 5.41) is 6.75. The number of nitrogens with one attached hydrogen (secondary N) is 2. The minimum atomic E-state index is -0.110. The Hall–Kier alpha value is -0.370. The van der Waals surface area contributed by atoms with Gasteiger partial charge >= 0.3 is 0 Å². The first-order chi connectivity index (χ1) is 8.66. The second-order valence-electron chi connectivity index (χ2n) is 4.06. The predicted molar refractivity (Wildman–Crippen MR) is 79.1 cm³/mol. The van der Waals surface area contributed by atoms with Crippen molar-refractivity contribution in [3.8, 4) is 0 Å². The number of halogens is 2. The molecule has 0 spiro atoms. The van der Waals surface area contributed by atoms with Gasteiger partial charge in [0.2, 0.25) is 0 Å². The highest BCUT2D eigenvalue weighted by Crippen LogP contribution is 2.19. The fraction of sp³-hybridized carbons (Fsp3) is 0.417. The van der Waals surface area contributed by atoms with E-state index in [0.717, 1.165) is 16.7 Å². The van der Waals surface area contributed by atoms with Gasteiger partial charge in [0.05, 0.1) is 18.2 Å². The summed E-state index contributed by atoms with van der Waals surface area (Å²) >= 11 is 8.12. The predicted octanol–water partition coefficient (Wildman–Crippen LogP) is 1.66. The molecule has 1 aliphatic heterocycles. The van der Waals surface area contributed by atoms with E-state index >= 15 is 0 Å². The number of carbonyl (C=O) groups excluding carboxylic acids is 1. The van der Waals surface area contributed by atoms with Gasteiger partial charge in [0.25, 0.3) is 5.91 Å². The quantitative estimate of drug-likeness (QED) is 0.784. The summed E-state index contributed by atoms with van der Waals surface area (Å²) in [5.74, 6) is -0.110. The summed E-state index contributed by atoms with van der Waals surface area (Å²) in [6.07, 6.45) is 0. The van der Waals surface area contributed by atoms with E-state index in [2.05, 4.69) is 33.2 Å². The number of morpholine rings is 1. The number of rotatable bonds is 3. The minimum absolute atomic E-state index is 0.110. The normalized spacial score (nSPS) is 19.6. The van der Waals surface area contributed by atoms with Crippen molar-refractivity contribution in [1.82, 2.24) is 10.6 Å². The van der Waals surface area contributed by atoms with Gasteiger partial charge in [-0.15, -0.1) is 0 Å². The lowest BCUT2D eigenvalue weighted by molar-refractivity contribution is 0.0734. The second-order valence-corrected chi connectivity index (χ2v) is 5.63. The third-order valence-electron chi connectivity index (χ3n) is 2.69. The van der Waals surface area contributed by atoms with Crippen LogP contribution in [0.5, 0.6) is 0 Å². The molecule has 1 aromatic carbocycles. The van der Waals surface area contributed by atoms with E-state index in [1.54, 1.807) is 12.1 Å². The van der Waals surface area contributed by atoms with Crippen LogP contribution in [0.25, 0.3) is 0 Å². The molecule has 98 valence electrons. The average Bonchev–Trinajstić information content (AvgIpc) is 2.40. The first-order valence-electron chi connectivity index (χ1n) is 5.71. The van der Waals surface area contributed by atoms with Gasteiger partial charge in [-0.05, 0) is 40.8 Å². The Kier molecular flexibility index (Phi) is 5.23. The van der Waals surface area contributed by atoms with Crippen LogP contribution in [-0.2, 0) is 4.74 Å². The maximum absolute atomic E-state index is 11.9. The summed E-state index contributed by atoms with van der Waals surface area (Å²) in [5.41, 5.74) is 0.581. The molecule has 1 aliphatic rings. The van der Waals surface area contributed by atoms with E-state index in [-0.39, 0.29) is 11.9 Å². The van der Waals surface area contributed by atoms with Crippen molar-refractivity contribution < 1.29 is 9.53 Å². The molecule has 1 heterocycles. The first kappa shape index (κ1) is 14.0. The highest BCUT2D eigenvalue weighted by atomic mass is 127. The zero-order valence-corrected chi connectivity index (χ0v) is 12.6. The Morgan fingerprint density at radius 2 is 2.44 bits per heavy atom. The molecular weight excluding hydrogens is 367 g/mol. The number of amides is 1. The molecule has 4 nitrogen and oxygen atoms in total. The van der Waals surface area contributed by atoms with Gasteiger partial charge in [-0.25, -0.2) is 0 Å². The molecule has 2 N–H and O–H groups in total. The van der Waals surface area contributed by atoms with Crippen LogP contribution in [0.4, 0.5) is 0 Å². The third kappa shape index (κ3) is 3.81. The van der Waals surface area contributed by atoms with Crippen molar-refractivity contribution in [2.75, 3.05) is 26.3 Å². The van der Waals surface area contributed by atoms with Gasteiger partial charge in [0.15, 0.2) is 0 Å². The number of ether oxygens (including phenoxy) is 1. The van der Waals surface area contributed by atoms with Gasteiger partial charge in [0, 0.05) is 28.3 Å². The minimum Gasteiger partial charge on any atom is -0.378 e. The number of benzene rings is 1. The molecule has 0 aromatic heterocycles. The van der Waals surface area contributed by atoms with Crippen LogP contribution in [0, 0.1) is 3.57 Å². The van der Waals surface area contributed by atoms with Crippen LogP contribution in [0.2, 0.25) is 5.02 Å². The standard InChI is InChI=1S/C12H14ClIN2O2/c13-10-5-8(1-2-11(10)14)12(17)16-6-9-7-18-4-3-15-9/h1-2,5,9,15H,3-4,6-7H2,(H,16,17). The van der Waals surface area contributed by atoms with Crippen LogP contribution in [0.1, 0.15) is 10.4 Å². The summed E-state index contributed by atoms with van der Waals surface area (Å²) in [6.45, 7) is 2.75. The summed E-state index contributed by atoms with van der Waals surface area (Å²) in [7, 11) is 0. The Balaban J connectivity index is 1.88. The molecule has 1 fully saturated rings. The van der Waals surface area contributed by atoms with Crippen LogP contribution in [0.15, 0.2) is 18.2 Å². The van der Waals surface area contributed by atoms with Crippen molar-refractivity contribution in [2.45, 2.75) is 6.04 Å². The molecule has 1 unspecified atom stereocenters. The lowest BCUT2D eigenvalue weighted by atomic mass is 10.2. The molecular formula is C12H14ClIN2O2. The highest BCUT2D eigenvalue weighted by molar-refractivity contribution is 14.1. The molecule has 1 aromatic rings. The molecule has 1 atom stereocenters. The Bertz CT molecular complexity index is 436. The zero-order valence-electron chi connectivity index (χ0n) is 9.71. The van der Waals surface area contributed by atoms with E-state index < -0.39 is 0 Å². The van der Waals surface area contributed by atoms with E-state index in [1.807, 2.05) is 6.07 Å². The Morgan fingerprint density at radius 1 is 1.61 bits per heavy atom. The molecule has 0 aliphatic carbocycles. The van der Waals surface area contributed by atoms with Gasteiger partial charge in [0.1, 0.15) is 0 Å². The molecule has 18 heavy (non-hydrogen) atoms. The maximum atomic E-state index is 11.9. The van der Waals surface area contributed by atoms with Crippen LogP contribution < -0.4 is 10.6 Å². The Morgan fingerprint density at radius 3 is 3.11 bits per heavy atom. The maximum Gasteiger partial charge on any atom is 0.251 e. The summed E-state index contributed by atoms with van der Waals surface area (Å²) in [4.78, 5) is 11.9. The molecule has 0 saturated carbocycles. The highest BCUT2D eigenvalue weighted by Gasteiger charge is 2.14. The van der Waals surface area contributed by atoms with Gasteiger partial charge in [-0.1, -0.05) is 11.6 Å². The van der Waals surface area contributed by atoms with E-state index in [9.17, 15) is 4.79 Å². The van der Waals surface area contributed by atoms with Crippen molar-refractivity contribution in [3.63, 3.8) is 0 Å². The lowest BCUT2D eigenvalue weighted by Crippen LogP contribution is -2.48. The lowest BCUT2D eigenvalue weighted by Gasteiger charge is -2.23. The molecule has 2 rings (SSSR count). The van der Waals surface area contributed by atoms with Crippen molar-refractivity contribution >= 4 is 40.1 Å². The third-order valence-corrected chi connectivity index (χ3v) is 4.26. The van der Waals surface area contributed by atoms with Crippen LogP contribution >= 0.6 is 34.2 Å². The van der Waals surface area contributed by atoms with Crippen molar-refractivity contribution in [1.29, 1.82) is 0 Å². The van der Waals surface area contributed by atoms with Crippen LogP contribution in [-0.4, -0.2) is 38.3 Å². The topological polar surface area (TPSA) is 50.4 Å². The monoisotopic (exact) mass is 380 g/mol. The smallest absolute Gasteiger partial charge is 0.251 e. The fourth-order valence-electron chi connectivity index (χ4n) is 1.71. The molecule has 0 radical (unpaired) electrons. The van der Waals surface area contributed by atoms with E-state index in [1.165, 1.54) is 0 Å². The van der Waals surface area contributed by atoms with Gasteiger partial charge in [-0.2, -0.15) is 0 Å². The molecule has 1 saturated heterocycles. The molecule has 0 bridgehead atoms. The Labute approximate surface area is 125 Å². The number of carbonyl (C=O) groups is 1. The van der Waals surface area contributed by atoms with Gasteiger partial charge < -0.3 is 15.4 Å². The van der Waals surface area contributed by atoms with E-state index in [0.29, 0.717) is 23.7 Å². The molecule has 6 heteroatoms. The summed E-state index contributed by atoms with van der Waals surface area (Å²) in [6, 6.07) is 5.47. The zero-order chi connectivity index (χ0) is 13.0. The fourth-order valence-corrected chi connectivity index (χ4v) is 2.22. The number of hydrogen-bond acceptors (Lipinski definition) is 3. The average molecular weight is 381 g/mol. The van der Waals surface area contributed by atoms with Crippen LogP contribution in [0.3, 0.4) is 0 Å². The van der Waals surface area contributed by atoms with Crippen molar-refractivity contribution in [3.05, 3.63) is 32.4 Å². The number of hydrogen-bond donors (Lipinski definition) is 2. The molecule has 1 amide bonds. The SMILES string of the molecule is O=C(NCC1COCCN1)c1ccc(I)c(Cl)c1. The van der Waals surface area contributed by atoms with Crippen molar-refractivity contribution in [2.24, 2.45) is 0 Å². The first-order valence-corrected chi connectivity index (χ1v) is 7.17. The van der Waals surface area contributed by atoms with E-state index in [4.69, 9.17) is 16.3 Å². The largest absolute Gasteiger partial charge is 0.378 e.